The van der Waals surface area contributed by atoms with Gasteiger partial charge in [0.05, 0.1) is 11.8 Å². The van der Waals surface area contributed by atoms with Crippen LogP contribution in [0.2, 0.25) is 0 Å². The molecule has 1 aliphatic heterocycles. The first-order valence-electron chi connectivity index (χ1n) is 11.0. The number of aryl methyl sites for hydroxylation is 2. The molecule has 1 aromatic rings. The summed E-state index contributed by atoms with van der Waals surface area (Å²) >= 11 is 0. The van der Waals surface area contributed by atoms with Gasteiger partial charge < -0.3 is 5.32 Å². The molecule has 0 unspecified atom stereocenters. The summed E-state index contributed by atoms with van der Waals surface area (Å²) in [6, 6.07) is 6.08. The number of hydrogen-bond acceptors (Lipinski definition) is 3. The molecule has 5 nitrogen and oxygen atoms in total. The number of likely N-dealkylation sites (tertiary alicyclic amines) is 1. The van der Waals surface area contributed by atoms with Crippen molar-refractivity contribution in [3.63, 3.8) is 0 Å². The molecular formula is C24H28N2O3. The molecule has 6 rings (SSSR count). The van der Waals surface area contributed by atoms with E-state index in [0.29, 0.717) is 11.8 Å². The molecule has 2 bridgehead atoms. The molecule has 1 aromatic carbocycles. The van der Waals surface area contributed by atoms with Gasteiger partial charge in [-0.2, -0.15) is 0 Å². The summed E-state index contributed by atoms with van der Waals surface area (Å²) in [5.74, 6) is 1.05. The Hall–Kier alpha value is -2.43. The minimum Gasteiger partial charge on any atom is -0.326 e. The van der Waals surface area contributed by atoms with Crippen LogP contribution in [-0.4, -0.2) is 29.2 Å². The monoisotopic (exact) mass is 392 g/mol. The number of nitrogens with one attached hydrogen (secondary N) is 1. The molecule has 5 aliphatic rings. The van der Waals surface area contributed by atoms with E-state index in [1.165, 1.54) is 4.90 Å². The lowest BCUT2D eigenvalue weighted by Crippen LogP contribution is -2.40. The number of allylic oxidation sites excluding steroid dienone is 2. The SMILES string of the molecule is CCc1cccc(CC)c1NC(=O)CCN1C(=O)[C@H]2[C@@H]3C=C[C@H]([C@H]4C[C@H]34)[C@@H]2C1=O. The van der Waals surface area contributed by atoms with Crippen LogP contribution < -0.4 is 5.32 Å². The minimum absolute atomic E-state index is 0.0549. The summed E-state index contributed by atoms with van der Waals surface area (Å²) in [7, 11) is 0. The third kappa shape index (κ3) is 2.77. The largest absolute Gasteiger partial charge is 0.326 e. The highest BCUT2D eigenvalue weighted by Crippen LogP contribution is 2.65. The summed E-state index contributed by atoms with van der Waals surface area (Å²) < 4.78 is 0. The highest BCUT2D eigenvalue weighted by atomic mass is 16.2. The zero-order valence-electron chi connectivity index (χ0n) is 17.1. The Labute approximate surface area is 171 Å². The maximum Gasteiger partial charge on any atom is 0.233 e. The average Bonchev–Trinajstić information content (AvgIpc) is 3.51. The molecule has 4 aliphatic carbocycles. The van der Waals surface area contributed by atoms with Crippen LogP contribution in [-0.2, 0) is 27.2 Å². The zero-order chi connectivity index (χ0) is 20.3. The smallest absolute Gasteiger partial charge is 0.233 e. The van der Waals surface area contributed by atoms with E-state index in [1.54, 1.807) is 0 Å². The van der Waals surface area contributed by atoms with E-state index in [2.05, 4.69) is 31.3 Å². The Bertz CT molecular complexity index is 862. The van der Waals surface area contributed by atoms with Crippen molar-refractivity contribution in [3.8, 4) is 0 Å². The number of carbonyl (C=O) groups is 3. The number of nitrogens with zero attached hydrogens (tertiary/aromatic N) is 1. The molecule has 2 saturated carbocycles. The van der Waals surface area contributed by atoms with Gasteiger partial charge in [-0.15, -0.1) is 0 Å². The molecule has 0 spiro atoms. The lowest BCUT2D eigenvalue weighted by Gasteiger charge is -2.37. The normalized spacial score (nSPS) is 33.7. The van der Waals surface area contributed by atoms with Gasteiger partial charge in [-0.05, 0) is 54.1 Å². The lowest BCUT2D eigenvalue weighted by atomic mass is 9.63. The van der Waals surface area contributed by atoms with Crippen LogP contribution in [0.4, 0.5) is 5.69 Å². The molecule has 1 N–H and O–H groups in total. The van der Waals surface area contributed by atoms with Crippen LogP contribution in [0.1, 0.15) is 37.8 Å². The molecule has 152 valence electrons. The number of anilines is 1. The second kappa shape index (κ2) is 6.82. The van der Waals surface area contributed by atoms with Gasteiger partial charge in [-0.1, -0.05) is 44.2 Å². The molecule has 1 saturated heterocycles. The van der Waals surface area contributed by atoms with E-state index >= 15 is 0 Å². The summed E-state index contributed by atoms with van der Waals surface area (Å²) in [6.07, 6.45) is 7.34. The number of imide groups is 1. The van der Waals surface area contributed by atoms with E-state index in [0.717, 1.165) is 36.1 Å². The van der Waals surface area contributed by atoms with Crippen molar-refractivity contribution in [3.05, 3.63) is 41.5 Å². The molecule has 0 radical (unpaired) electrons. The van der Waals surface area contributed by atoms with Crippen molar-refractivity contribution in [2.24, 2.45) is 35.5 Å². The summed E-state index contributed by atoms with van der Waals surface area (Å²) in [6.45, 7) is 4.32. The number of carbonyl (C=O) groups excluding carboxylic acids is 3. The predicted molar refractivity (Wildman–Crippen MR) is 110 cm³/mol. The van der Waals surface area contributed by atoms with Gasteiger partial charge in [0, 0.05) is 18.7 Å². The first-order chi connectivity index (χ1) is 14.0. The molecule has 1 heterocycles. The van der Waals surface area contributed by atoms with Crippen molar-refractivity contribution < 1.29 is 14.4 Å². The van der Waals surface area contributed by atoms with E-state index in [1.807, 2.05) is 18.2 Å². The van der Waals surface area contributed by atoms with E-state index in [4.69, 9.17) is 0 Å². The Balaban J connectivity index is 1.26. The standard InChI is InChI=1S/C24H28N2O3/c1-3-13-6-5-7-14(4-2)22(13)25-19(27)10-11-26-23(28)20-15-8-9-16(18-12-17(15)18)21(20)24(26)29/h5-9,15-18,20-21H,3-4,10-12H2,1-2H3,(H,25,27)/t15-,16-,17-,18-,20+,21+/m1/s1. The first-order valence-corrected chi connectivity index (χ1v) is 11.0. The number of amides is 3. The molecular weight excluding hydrogens is 364 g/mol. The highest BCUT2D eigenvalue weighted by Gasteiger charge is 2.66. The molecule has 3 amide bonds. The Kier molecular flexibility index (Phi) is 4.37. The van der Waals surface area contributed by atoms with Crippen molar-refractivity contribution in [2.45, 2.75) is 39.5 Å². The van der Waals surface area contributed by atoms with Crippen LogP contribution in [0, 0.1) is 35.5 Å². The van der Waals surface area contributed by atoms with E-state index in [9.17, 15) is 14.4 Å². The molecule has 3 fully saturated rings. The van der Waals surface area contributed by atoms with Crippen LogP contribution in [0.25, 0.3) is 0 Å². The fourth-order valence-corrected chi connectivity index (χ4v) is 6.06. The fraction of sp³-hybridized carbons (Fsp3) is 0.542. The number of para-hydroxylation sites is 1. The van der Waals surface area contributed by atoms with Crippen LogP contribution >= 0.6 is 0 Å². The van der Waals surface area contributed by atoms with Crippen molar-refractivity contribution in [2.75, 3.05) is 11.9 Å². The quantitative estimate of drug-likeness (QED) is 0.597. The third-order valence-electron chi connectivity index (χ3n) is 7.58. The van der Waals surface area contributed by atoms with Gasteiger partial charge in [0.15, 0.2) is 0 Å². The van der Waals surface area contributed by atoms with Crippen molar-refractivity contribution >= 4 is 23.4 Å². The van der Waals surface area contributed by atoms with Crippen LogP contribution in [0.5, 0.6) is 0 Å². The number of benzene rings is 1. The molecule has 29 heavy (non-hydrogen) atoms. The Morgan fingerprint density at radius 1 is 1.00 bits per heavy atom. The second-order valence-electron chi connectivity index (χ2n) is 8.94. The topological polar surface area (TPSA) is 66.5 Å². The van der Waals surface area contributed by atoms with Gasteiger partial charge in [0.1, 0.15) is 0 Å². The van der Waals surface area contributed by atoms with Crippen LogP contribution in [0.15, 0.2) is 30.4 Å². The van der Waals surface area contributed by atoms with Gasteiger partial charge >= 0.3 is 0 Å². The Morgan fingerprint density at radius 2 is 1.55 bits per heavy atom. The first kappa shape index (κ1) is 18.6. The second-order valence-corrected chi connectivity index (χ2v) is 8.94. The van der Waals surface area contributed by atoms with Gasteiger partial charge in [-0.25, -0.2) is 0 Å². The van der Waals surface area contributed by atoms with E-state index < -0.39 is 0 Å². The van der Waals surface area contributed by atoms with Crippen molar-refractivity contribution in [1.82, 2.24) is 4.90 Å². The maximum atomic E-state index is 13.0. The van der Waals surface area contributed by atoms with Gasteiger partial charge in [0.25, 0.3) is 0 Å². The average molecular weight is 392 g/mol. The molecule has 5 heteroatoms. The minimum atomic E-state index is -0.183. The zero-order valence-corrected chi connectivity index (χ0v) is 17.1. The predicted octanol–water partition coefficient (Wildman–Crippen LogP) is 3.19. The summed E-state index contributed by atoms with van der Waals surface area (Å²) in [5, 5.41) is 3.04. The molecule has 0 aromatic heterocycles. The van der Waals surface area contributed by atoms with Crippen LogP contribution in [0.3, 0.4) is 0 Å². The third-order valence-corrected chi connectivity index (χ3v) is 7.58. The maximum absolute atomic E-state index is 13.0. The summed E-state index contributed by atoms with van der Waals surface area (Å²) in [5.41, 5.74) is 3.11. The Morgan fingerprint density at radius 3 is 2.07 bits per heavy atom. The molecule has 6 atom stereocenters. The lowest BCUT2D eigenvalue weighted by molar-refractivity contribution is -0.140. The van der Waals surface area contributed by atoms with E-state index in [-0.39, 0.29) is 54.4 Å². The fourth-order valence-electron chi connectivity index (χ4n) is 6.06. The highest BCUT2D eigenvalue weighted by molar-refractivity contribution is 6.06. The van der Waals surface area contributed by atoms with Gasteiger partial charge in [0.2, 0.25) is 17.7 Å². The van der Waals surface area contributed by atoms with Gasteiger partial charge in [-0.3, -0.25) is 19.3 Å². The van der Waals surface area contributed by atoms with Crippen molar-refractivity contribution in [1.29, 1.82) is 0 Å². The number of hydrogen-bond donors (Lipinski definition) is 1. The number of rotatable bonds is 6. The summed E-state index contributed by atoms with van der Waals surface area (Å²) in [4.78, 5) is 40.1.